The maximum Gasteiger partial charge on any atom is 0.257 e. The van der Waals surface area contributed by atoms with Gasteiger partial charge in [-0.15, -0.1) is 0 Å². The van der Waals surface area contributed by atoms with E-state index >= 15 is 0 Å². The topological polar surface area (TPSA) is 55.2 Å². The highest BCUT2D eigenvalue weighted by Crippen LogP contribution is 2.17. The van der Waals surface area contributed by atoms with Gasteiger partial charge in [-0.3, -0.25) is 9.69 Å². The van der Waals surface area contributed by atoms with Crippen LogP contribution in [-0.2, 0) is 0 Å². The van der Waals surface area contributed by atoms with Crippen molar-refractivity contribution in [1.29, 1.82) is 0 Å². The van der Waals surface area contributed by atoms with E-state index in [1.54, 1.807) is 19.4 Å². The molecule has 6 nitrogen and oxygen atoms in total. The van der Waals surface area contributed by atoms with E-state index in [0.717, 1.165) is 44.2 Å². The van der Waals surface area contributed by atoms with Gasteiger partial charge in [0.1, 0.15) is 23.9 Å². The Balaban J connectivity index is 1.40. The van der Waals surface area contributed by atoms with Gasteiger partial charge in [-0.05, 0) is 37.3 Å². The summed E-state index contributed by atoms with van der Waals surface area (Å²) in [6, 6.07) is 9.33. The summed E-state index contributed by atoms with van der Waals surface area (Å²) in [7, 11) is 1.65. The zero-order valence-corrected chi connectivity index (χ0v) is 14.7. The van der Waals surface area contributed by atoms with Gasteiger partial charge in [0, 0.05) is 32.7 Å². The highest BCUT2D eigenvalue weighted by molar-refractivity contribution is 5.95. The number of nitrogens with zero attached hydrogens (tertiary/aromatic N) is 2. The highest BCUT2D eigenvalue weighted by atomic mass is 16.5. The summed E-state index contributed by atoms with van der Waals surface area (Å²) in [6.45, 7) is 6.46. The first kappa shape index (κ1) is 17.4. The molecule has 134 valence electrons. The Morgan fingerprint density at radius 3 is 2.36 bits per heavy atom. The van der Waals surface area contributed by atoms with E-state index in [4.69, 9.17) is 13.9 Å². The maximum atomic E-state index is 12.5. The molecule has 2 heterocycles. The lowest BCUT2D eigenvalue weighted by Gasteiger charge is -2.34. The molecule has 1 aliphatic rings. The van der Waals surface area contributed by atoms with Crippen LogP contribution in [0.25, 0.3) is 0 Å². The average molecular weight is 344 g/mol. The lowest BCUT2D eigenvalue weighted by molar-refractivity contribution is 0.0618. The number of hydrogen-bond acceptors (Lipinski definition) is 5. The van der Waals surface area contributed by atoms with Crippen LogP contribution in [0.2, 0.25) is 0 Å². The van der Waals surface area contributed by atoms with Gasteiger partial charge in [0.05, 0.1) is 18.9 Å². The normalized spacial score (nSPS) is 15.2. The predicted molar refractivity (Wildman–Crippen MR) is 94.3 cm³/mol. The van der Waals surface area contributed by atoms with Crippen molar-refractivity contribution in [3.05, 3.63) is 47.9 Å². The molecule has 1 saturated heterocycles. The standard InChI is InChI=1S/C19H24N2O4/c1-15-18(7-13-24-15)19(22)21-10-8-20(9-11-21)12-14-25-17-5-3-16(23-2)4-6-17/h3-7,13H,8-12,14H2,1-2H3. The number of furan rings is 1. The first-order valence-electron chi connectivity index (χ1n) is 8.50. The Kier molecular flexibility index (Phi) is 5.60. The number of piperazine rings is 1. The van der Waals surface area contributed by atoms with Crippen molar-refractivity contribution in [2.24, 2.45) is 0 Å². The van der Waals surface area contributed by atoms with Crippen molar-refractivity contribution in [3.63, 3.8) is 0 Å². The van der Waals surface area contributed by atoms with Gasteiger partial charge in [-0.2, -0.15) is 0 Å². The lowest BCUT2D eigenvalue weighted by atomic mass is 10.2. The smallest absolute Gasteiger partial charge is 0.257 e. The number of aryl methyl sites for hydroxylation is 1. The Morgan fingerprint density at radius 1 is 1.08 bits per heavy atom. The zero-order chi connectivity index (χ0) is 17.6. The molecule has 0 radical (unpaired) electrons. The Labute approximate surface area is 147 Å². The second-order valence-corrected chi connectivity index (χ2v) is 6.05. The Hall–Kier alpha value is -2.47. The molecule has 25 heavy (non-hydrogen) atoms. The summed E-state index contributed by atoms with van der Waals surface area (Å²) in [5.74, 6) is 2.40. The second kappa shape index (κ2) is 8.07. The number of carbonyl (C=O) groups is 1. The minimum Gasteiger partial charge on any atom is -0.497 e. The molecule has 0 spiro atoms. The van der Waals surface area contributed by atoms with Crippen molar-refractivity contribution in [1.82, 2.24) is 9.80 Å². The number of methoxy groups -OCH3 is 1. The van der Waals surface area contributed by atoms with Crippen LogP contribution in [0.5, 0.6) is 11.5 Å². The molecule has 0 atom stereocenters. The van der Waals surface area contributed by atoms with E-state index in [2.05, 4.69) is 4.90 Å². The molecule has 0 unspecified atom stereocenters. The number of benzene rings is 1. The quantitative estimate of drug-likeness (QED) is 0.806. The van der Waals surface area contributed by atoms with E-state index in [-0.39, 0.29) is 5.91 Å². The highest BCUT2D eigenvalue weighted by Gasteiger charge is 2.23. The monoisotopic (exact) mass is 344 g/mol. The Bertz CT molecular complexity index is 688. The van der Waals surface area contributed by atoms with Gasteiger partial charge in [0.15, 0.2) is 0 Å². The van der Waals surface area contributed by atoms with Crippen molar-refractivity contribution in [2.75, 3.05) is 46.4 Å². The second-order valence-electron chi connectivity index (χ2n) is 6.05. The minimum absolute atomic E-state index is 0.0559. The molecule has 0 bridgehead atoms. The summed E-state index contributed by atoms with van der Waals surface area (Å²) in [6.07, 6.45) is 1.56. The van der Waals surface area contributed by atoms with Gasteiger partial charge in [-0.25, -0.2) is 0 Å². The van der Waals surface area contributed by atoms with E-state index in [0.29, 0.717) is 17.9 Å². The largest absolute Gasteiger partial charge is 0.497 e. The fourth-order valence-electron chi connectivity index (χ4n) is 2.92. The molecule has 1 aromatic carbocycles. The molecule has 0 N–H and O–H groups in total. The number of carbonyl (C=O) groups excluding carboxylic acids is 1. The molecule has 6 heteroatoms. The van der Waals surface area contributed by atoms with Crippen LogP contribution in [0, 0.1) is 6.92 Å². The first-order chi connectivity index (χ1) is 12.2. The summed E-state index contributed by atoms with van der Waals surface area (Å²) < 4.78 is 16.1. The molecule has 0 aliphatic carbocycles. The van der Waals surface area contributed by atoms with Gasteiger partial charge >= 0.3 is 0 Å². The van der Waals surface area contributed by atoms with E-state index in [1.165, 1.54) is 0 Å². The fourth-order valence-corrected chi connectivity index (χ4v) is 2.92. The molecule has 0 saturated carbocycles. The molecular formula is C19H24N2O4. The number of hydrogen-bond donors (Lipinski definition) is 0. The first-order valence-corrected chi connectivity index (χ1v) is 8.50. The van der Waals surface area contributed by atoms with Crippen molar-refractivity contribution in [2.45, 2.75) is 6.92 Å². The van der Waals surface area contributed by atoms with E-state index < -0.39 is 0 Å². The minimum atomic E-state index is 0.0559. The SMILES string of the molecule is COc1ccc(OCCN2CCN(C(=O)c3ccoc3C)CC2)cc1. The molecule has 1 fully saturated rings. The number of ether oxygens (including phenoxy) is 2. The van der Waals surface area contributed by atoms with Crippen LogP contribution >= 0.6 is 0 Å². The lowest BCUT2D eigenvalue weighted by Crippen LogP contribution is -2.49. The van der Waals surface area contributed by atoms with Gasteiger partial charge in [0.25, 0.3) is 5.91 Å². The molecule has 1 amide bonds. The molecule has 1 aliphatic heterocycles. The van der Waals surface area contributed by atoms with Crippen LogP contribution in [0.3, 0.4) is 0 Å². The third-order valence-electron chi connectivity index (χ3n) is 4.48. The maximum absolute atomic E-state index is 12.5. The third kappa shape index (κ3) is 4.33. The van der Waals surface area contributed by atoms with Crippen molar-refractivity contribution in [3.8, 4) is 11.5 Å². The molecule has 2 aromatic rings. The molecule has 1 aromatic heterocycles. The summed E-state index contributed by atoms with van der Waals surface area (Å²) in [4.78, 5) is 16.7. The third-order valence-corrected chi connectivity index (χ3v) is 4.48. The van der Waals surface area contributed by atoms with E-state index in [1.807, 2.05) is 36.1 Å². The summed E-state index contributed by atoms with van der Waals surface area (Å²) >= 11 is 0. The predicted octanol–water partition coefficient (Wildman–Crippen LogP) is 2.43. The summed E-state index contributed by atoms with van der Waals surface area (Å²) in [5, 5.41) is 0. The summed E-state index contributed by atoms with van der Waals surface area (Å²) in [5.41, 5.74) is 0.663. The van der Waals surface area contributed by atoms with E-state index in [9.17, 15) is 4.79 Å². The average Bonchev–Trinajstić information content (AvgIpc) is 3.08. The van der Waals surface area contributed by atoms with Crippen molar-refractivity contribution >= 4 is 5.91 Å². The van der Waals surface area contributed by atoms with Crippen molar-refractivity contribution < 1.29 is 18.7 Å². The molecule has 3 rings (SSSR count). The van der Waals surface area contributed by atoms with Crippen LogP contribution in [0.15, 0.2) is 41.0 Å². The van der Waals surface area contributed by atoms with Crippen LogP contribution in [0.1, 0.15) is 16.1 Å². The van der Waals surface area contributed by atoms with Gasteiger partial charge in [-0.1, -0.05) is 0 Å². The number of amides is 1. The number of rotatable bonds is 6. The van der Waals surface area contributed by atoms with Crippen LogP contribution < -0.4 is 9.47 Å². The van der Waals surface area contributed by atoms with Crippen LogP contribution in [0.4, 0.5) is 0 Å². The van der Waals surface area contributed by atoms with Crippen LogP contribution in [-0.4, -0.2) is 62.1 Å². The fraction of sp³-hybridized carbons (Fsp3) is 0.421. The van der Waals surface area contributed by atoms with Gasteiger partial charge < -0.3 is 18.8 Å². The zero-order valence-electron chi connectivity index (χ0n) is 14.7. The van der Waals surface area contributed by atoms with Gasteiger partial charge in [0.2, 0.25) is 0 Å². The Morgan fingerprint density at radius 2 is 1.76 bits per heavy atom. The molecular weight excluding hydrogens is 320 g/mol.